The molecule has 1 aromatic heterocycles. The average Bonchev–Trinajstić information content (AvgIpc) is 2.32. The predicted octanol–water partition coefficient (Wildman–Crippen LogP) is 2.54. The second kappa shape index (κ2) is 4.61. The molecule has 0 fully saturated rings. The standard InChI is InChI=1S/C12H11N3O2/c1-8-13-7-10(15-12(16)17)11(14-8)9-5-3-2-4-6-9/h2-7,15H,1H3,(H,16,17). The summed E-state index contributed by atoms with van der Waals surface area (Å²) in [5.74, 6) is 0.597. The van der Waals surface area contributed by atoms with Gasteiger partial charge in [0.1, 0.15) is 5.82 Å². The van der Waals surface area contributed by atoms with Gasteiger partial charge in [0.05, 0.1) is 17.6 Å². The molecule has 86 valence electrons. The zero-order valence-corrected chi connectivity index (χ0v) is 9.21. The fraction of sp³-hybridized carbons (Fsp3) is 0.0833. The SMILES string of the molecule is Cc1ncc(NC(=O)O)c(-c2ccccc2)n1. The highest BCUT2D eigenvalue weighted by Gasteiger charge is 2.09. The maximum absolute atomic E-state index is 10.7. The predicted molar refractivity (Wildman–Crippen MR) is 63.9 cm³/mol. The largest absolute Gasteiger partial charge is 0.465 e. The number of nitrogens with one attached hydrogen (secondary N) is 1. The average molecular weight is 229 g/mol. The number of carboxylic acid groups (broad SMARTS) is 1. The van der Waals surface area contributed by atoms with Crippen molar-refractivity contribution >= 4 is 11.8 Å². The van der Waals surface area contributed by atoms with E-state index in [1.165, 1.54) is 6.20 Å². The number of aromatic nitrogens is 2. The Kier molecular flexibility index (Phi) is 3.00. The molecule has 1 heterocycles. The number of aryl methyl sites for hydroxylation is 1. The molecule has 1 amide bonds. The first kappa shape index (κ1) is 11.1. The van der Waals surface area contributed by atoms with Crippen LogP contribution in [0.4, 0.5) is 10.5 Å². The van der Waals surface area contributed by atoms with Crippen LogP contribution in [0.15, 0.2) is 36.5 Å². The first-order valence-electron chi connectivity index (χ1n) is 5.06. The summed E-state index contributed by atoms with van der Waals surface area (Å²) >= 11 is 0. The monoisotopic (exact) mass is 229 g/mol. The quantitative estimate of drug-likeness (QED) is 0.829. The molecular formula is C12H11N3O2. The number of benzene rings is 1. The van der Waals surface area contributed by atoms with Gasteiger partial charge in [0.25, 0.3) is 0 Å². The lowest BCUT2D eigenvalue weighted by molar-refractivity contribution is 0.209. The molecule has 1 aromatic carbocycles. The van der Waals surface area contributed by atoms with Gasteiger partial charge in [0.2, 0.25) is 0 Å². The van der Waals surface area contributed by atoms with Crippen molar-refractivity contribution in [2.24, 2.45) is 0 Å². The molecule has 0 saturated heterocycles. The lowest BCUT2D eigenvalue weighted by Crippen LogP contribution is -2.10. The van der Waals surface area contributed by atoms with Crippen LogP contribution < -0.4 is 5.32 Å². The van der Waals surface area contributed by atoms with Gasteiger partial charge < -0.3 is 5.11 Å². The van der Waals surface area contributed by atoms with E-state index in [1.54, 1.807) is 6.92 Å². The van der Waals surface area contributed by atoms with Crippen molar-refractivity contribution in [3.05, 3.63) is 42.4 Å². The Labute approximate surface area is 98.2 Å². The Hall–Kier alpha value is -2.43. The van der Waals surface area contributed by atoms with Gasteiger partial charge in [0, 0.05) is 5.56 Å². The molecule has 0 aliphatic heterocycles. The van der Waals surface area contributed by atoms with Crippen LogP contribution in [0.2, 0.25) is 0 Å². The van der Waals surface area contributed by atoms with E-state index >= 15 is 0 Å². The zero-order chi connectivity index (χ0) is 12.3. The summed E-state index contributed by atoms with van der Waals surface area (Å²) < 4.78 is 0. The maximum atomic E-state index is 10.7. The van der Waals surface area contributed by atoms with Crippen molar-refractivity contribution in [2.45, 2.75) is 6.92 Å². The van der Waals surface area contributed by atoms with Gasteiger partial charge in [-0.25, -0.2) is 14.8 Å². The number of carbonyl (C=O) groups is 1. The molecule has 0 atom stereocenters. The molecule has 0 spiro atoms. The Morgan fingerprint density at radius 1 is 1.29 bits per heavy atom. The molecule has 2 aromatic rings. The van der Waals surface area contributed by atoms with E-state index in [9.17, 15) is 4.79 Å². The van der Waals surface area contributed by atoms with E-state index in [0.717, 1.165) is 5.56 Å². The minimum absolute atomic E-state index is 0.384. The minimum atomic E-state index is -1.13. The van der Waals surface area contributed by atoms with Crippen LogP contribution in [0.25, 0.3) is 11.3 Å². The molecule has 0 aliphatic rings. The van der Waals surface area contributed by atoms with Gasteiger partial charge in [-0.3, -0.25) is 5.32 Å². The van der Waals surface area contributed by atoms with Gasteiger partial charge in [0.15, 0.2) is 0 Å². The van der Waals surface area contributed by atoms with Crippen molar-refractivity contribution in [1.29, 1.82) is 0 Å². The normalized spacial score (nSPS) is 9.94. The molecule has 0 bridgehead atoms. The zero-order valence-electron chi connectivity index (χ0n) is 9.21. The molecule has 2 N–H and O–H groups in total. The van der Waals surface area contributed by atoms with E-state index in [2.05, 4.69) is 15.3 Å². The van der Waals surface area contributed by atoms with Crippen LogP contribution in [-0.2, 0) is 0 Å². The van der Waals surface area contributed by atoms with Gasteiger partial charge in [-0.2, -0.15) is 0 Å². The number of hydrogen-bond acceptors (Lipinski definition) is 3. The van der Waals surface area contributed by atoms with Crippen LogP contribution in [0.1, 0.15) is 5.82 Å². The Balaban J connectivity index is 2.51. The summed E-state index contributed by atoms with van der Waals surface area (Å²) in [6.07, 6.45) is 0.341. The minimum Gasteiger partial charge on any atom is -0.465 e. The van der Waals surface area contributed by atoms with Gasteiger partial charge in [-0.05, 0) is 6.92 Å². The first-order valence-corrected chi connectivity index (χ1v) is 5.06. The van der Waals surface area contributed by atoms with E-state index < -0.39 is 6.09 Å². The smallest absolute Gasteiger partial charge is 0.409 e. The van der Waals surface area contributed by atoms with Crippen LogP contribution in [0.5, 0.6) is 0 Å². The molecule has 2 rings (SSSR count). The van der Waals surface area contributed by atoms with Crippen molar-refractivity contribution in [3.8, 4) is 11.3 Å². The number of anilines is 1. The van der Waals surface area contributed by atoms with E-state index in [1.807, 2.05) is 30.3 Å². The summed E-state index contributed by atoms with van der Waals surface area (Å²) in [4.78, 5) is 18.9. The third-order valence-corrected chi connectivity index (χ3v) is 2.20. The lowest BCUT2D eigenvalue weighted by Gasteiger charge is -2.08. The van der Waals surface area contributed by atoms with Crippen LogP contribution >= 0.6 is 0 Å². The number of nitrogens with zero attached hydrogens (tertiary/aromatic N) is 2. The second-order valence-electron chi connectivity index (χ2n) is 3.48. The number of amides is 1. The fourth-order valence-electron chi connectivity index (χ4n) is 1.49. The summed E-state index contributed by atoms with van der Waals surface area (Å²) in [6, 6.07) is 9.38. The Morgan fingerprint density at radius 3 is 2.65 bits per heavy atom. The molecule has 0 aliphatic carbocycles. The second-order valence-corrected chi connectivity index (χ2v) is 3.48. The van der Waals surface area contributed by atoms with E-state index in [0.29, 0.717) is 17.2 Å². The molecule has 5 nitrogen and oxygen atoms in total. The lowest BCUT2D eigenvalue weighted by atomic mass is 10.1. The van der Waals surface area contributed by atoms with Gasteiger partial charge >= 0.3 is 6.09 Å². The topological polar surface area (TPSA) is 75.1 Å². The molecule has 0 saturated carbocycles. The van der Waals surface area contributed by atoms with E-state index in [4.69, 9.17) is 5.11 Å². The third-order valence-electron chi connectivity index (χ3n) is 2.20. The molecule has 17 heavy (non-hydrogen) atoms. The highest BCUT2D eigenvalue weighted by Crippen LogP contribution is 2.24. The fourth-order valence-corrected chi connectivity index (χ4v) is 1.49. The van der Waals surface area contributed by atoms with Gasteiger partial charge in [-0.1, -0.05) is 30.3 Å². The highest BCUT2D eigenvalue weighted by molar-refractivity contribution is 5.88. The number of hydrogen-bond donors (Lipinski definition) is 2. The Morgan fingerprint density at radius 2 is 2.00 bits per heavy atom. The van der Waals surface area contributed by atoms with Crippen LogP contribution in [0.3, 0.4) is 0 Å². The van der Waals surface area contributed by atoms with Crippen molar-refractivity contribution < 1.29 is 9.90 Å². The third kappa shape index (κ3) is 2.57. The number of rotatable bonds is 2. The van der Waals surface area contributed by atoms with Crippen molar-refractivity contribution in [2.75, 3.05) is 5.32 Å². The molecule has 0 unspecified atom stereocenters. The Bertz CT molecular complexity index is 541. The van der Waals surface area contributed by atoms with Crippen molar-refractivity contribution in [1.82, 2.24) is 9.97 Å². The summed E-state index contributed by atoms with van der Waals surface area (Å²) in [5, 5.41) is 11.0. The molecule has 5 heteroatoms. The maximum Gasteiger partial charge on any atom is 0.409 e. The highest BCUT2D eigenvalue weighted by atomic mass is 16.4. The summed E-state index contributed by atoms with van der Waals surface area (Å²) in [5.41, 5.74) is 1.82. The molecular weight excluding hydrogens is 218 g/mol. The van der Waals surface area contributed by atoms with Crippen molar-refractivity contribution in [3.63, 3.8) is 0 Å². The summed E-state index contributed by atoms with van der Waals surface area (Å²) in [7, 11) is 0. The van der Waals surface area contributed by atoms with Gasteiger partial charge in [-0.15, -0.1) is 0 Å². The molecule has 0 radical (unpaired) electrons. The summed E-state index contributed by atoms with van der Waals surface area (Å²) in [6.45, 7) is 1.76. The first-order chi connectivity index (χ1) is 8.16. The van der Waals surface area contributed by atoms with Crippen LogP contribution in [-0.4, -0.2) is 21.2 Å². The van der Waals surface area contributed by atoms with Crippen LogP contribution in [0, 0.1) is 6.92 Å². The van der Waals surface area contributed by atoms with E-state index in [-0.39, 0.29) is 0 Å².